The molecule has 0 atom stereocenters. The lowest BCUT2D eigenvalue weighted by Crippen LogP contribution is -2.39. The summed E-state index contributed by atoms with van der Waals surface area (Å²) < 4.78 is 15.1. The zero-order chi connectivity index (χ0) is 18.7. The first kappa shape index (κ1) is 18.9. The number of hydrogen-bond acceptors (Lipinski definition) is 8. The molecular weight excluding hydrogens is 400 g/mol. The number of nitro benzene ring substituents is 1. The summed E-state index contributed by atoms with van der Waals surface area (Å²) in [4.78, 5) is 36.4. The van der Waals surface area contributed by atoms with E-state index in [1.54, 1.807) is 13.0 Å². The van der Waals surface area contributed by atoms with Crippen molar-refractivity contribution in [3.05, 3.63) is 43.6 Å². The van der Waals surface area contributed by atoms with Gasteiger partial charge in [0.05, 0.1) is 47.0 Å². The van der Waals surface area contributed by atoms with Crippen molar-refractivity contribution in [2.45, 2.75) is 6.92 Å². The van der Waals surface area contributed by atoms with E-state index in [0.717, 1.165) is 0 Å². The lowest BCUT2D eigenvalue weighted by atomic mass is 10.1. The van der Waals surface area contributed by atoms with Gasteiger partial charge in [0.15, 0.2) is 0 Å². The minimum atomic E-state index is -0.770. The lowest BCUT2D eigenvalue weighted by Gasteiger charge is -2.32. The molecule has 0 N–H and O–H groups in total. The molecule has 1 aliphatic rings. The van der Waals surface area contributed by atoms with Gasteiger partial charge in [0, 0.05) is 0 Å². The molecule has 0 unspecified atom stereocenters. The molecule has 9 nitrogen and oxygen atoms in total. The predicted molar refractivity (Wildman–Crippen MR) is 89.9 cm³/mol. The summed E-state index contributed by atoms with van der Waals surface area (Å²) in [7, 11) is 2.35. The first-order valence-electron chi connectivity index (χ1n) is 7.02. The Morgan fingerprint density at radius 3 is 2.48 bits per heavy atom. The standard InChI is InChI=1S/C15H15BrN2O7/c1-8-11(5-4-10(16)12(8)18(21)22)17-7-25-6-9(14(19)23-2)13(17)15(20)24-3/h4-5H,6-7H2,1-3H3. The number of hydrogen-bond donors (Lipinski definition) is 0. The van der Waals surface area contributed by atoms with E-state index in [1.807, 2.05) is 0 Å². The summed E-state index contributed by atoms with van der Waals surface area (Å²) in [5.74, 6) is -1.51. The summed E-state index contributed by atoms with van der Waals surface area (Å²) in [6.07, 6.45) is 0. The molecule has 134 valence electrons. The predicted octanol–water partition coefficient (Wildman–Crippen LogP) is 2.06. The van der Waals surface area contributed by atoms with E-state index in [1.165, 1.54) is 25.2 Å². The molecule has 0 spiro atoms. The Balaban J connectivity index is 2.68. The van der Waals surface area contributed by atoms with Gasteiger partial charge in [-0.15, -0.1) is 0 Å². The zero-order valence-electron chi connectivity index (χ0n) is 13.7. The average molecular weight is 415 g/mol. The van der Waals surface area contributed by atoms with Crippen LogP contribution in [-0.4, -0.2) is 44.4 Å². The Kier molecular flexibility index (Phi) is 5.75. The van der Waals surface area contributed by atoms with Gasteiger partial charge in [0.2, 0.25) is 0 Å². The van der Waals surface area contributed by atoms with Crippen LogP contribution in [0.5, 0.6) is 0 Å². The number of carbonyl (C=O) groups is 2. The largest absolute Gasteiger partial charge is 0.466 e. The van der Waals surface area contributed by atoms with Crippen molar-refractivity contribution in [3.63, 3.8) is 0 Å². The molecule has 0 aliphatic carbocycles. The van der Waals surface area contributed by atoms with E-state index in [0.29, 0.717) is 15.7 Å². The van der Waals surface area contributed by atoms with Gasteiger partial charge in [0.25, 0.3) is 5.69 Å². The number of nitrogens with zero attached hydrogens (tertiary/aromatic N) is 2. The van der Waals surface area contributed by atoms with Gasteiger partial charge in [-0.05, 0) is 35.0 Å². The fourth-order valence-corrected chi connectivity index (χ4v) is 3.08. The van der Waals surface area contributed by atoms with Gasteiger partial charge in [-0.2, -0.15) is 0 Å². The third kappa shape index (κ3) is 3.49. The number of esters is 2. The Bertz CT molecular complexity index is 775. The van der Waals surface area contributed by atoms with Crippen molar-refractivity contribution >= 4 is 39.2 Å². The first-order valence-corrected chi connectivity index (χ1v) is 7.81. The van der Waals surface area contributed by atoms with Crippen molar-refractivity contribution in [2.75, 3.05) is 32.5 Å². The number of carbonyl (C=O) groups excluding carboxylic acids is 2. The summed E-state index contributed by atoms with van der Waals surface area (Å²) in [6, 6.07) is 3.07. The topological polar surface area (TPSA) is 108 Å². The summed E-state index contributed by atoms with van der Waals surface area (Å²) >= 11 is 3.14. The summed E-state index contributed by atoms with van der Waals surface area (Å²) in [6.45, 7) is 1.33. The zero-order valence-corrected chi connectivity index (χ0v) is 15.3. The Hall–Kier alpha value is -2.46. The fourth-order valence-electron chi connectivity index (χ4n) is 2.51. The van der Waals surface area contributed by atoms with E-state index < -0.39 is 16.9 Å². The van der Waals surface area contributed by atoms with Gasteiger partial charge < -0.3 is 19.1 Å². The number of ether oxygens (including phenoxy) is 3. The van der Waals surface area contributed by atoms with E-state index in [4.69, 9.17) is 9.47 Å². The molecule has 0 saturated heterocycles. The van der Waals surface area contributed by atoms with E-state index in [9.17, 15) is 19.7 Å². The third-order valence-electron chi connectivity index (χ3n) is 3.66. The van der Waals surface area contributed by atoms with Crippen LogP contribution < -0.4 is 4.90 Å². The second-order valence-electron chi connectivity index (χ2n) is 5.01. The highest BCUT2D eigenvalue weighted by atomic mass is 79.9. The van der Waals surface area contributed by atoms with Gasteiger partial charge in [-0.3, -0.25) is 10.1 Å². The van der Waals surface area contributed by atoms with Crippen LogP contribution in [0.1, 0.15) is 5.56 Å². The van der Waals surface area contributed by atoms with Crippen LogP contribution in [0.2, 0.25) is 0 Å². The van der Waals surface area contributed by atoms with Crippen LogP contribution in [0, 0.1) is 17.0 Å². The van der Waals surface area contributed by atoms with Crippen molar-refractivity contribution < 1.29 is 28.7 Å². The fraction of sp³-hybridized carbons (Fsp3) is 0.333. The van der Waals surface area contributed by atoms with Crippen molar-refractivity contribution in [1.82, 2.24) is 0 Å². The van der Waals surface area contributed by atoms with Crippen molar-refractivity contribution in [1.29, 1.82) is 0 Å². The maximum Gasteiger partial charge on any atom is 0.355 e. The minimum absolute atomic E-state index is 0.0226. The average Bonchev–Trinajstić information content (AvgIpc) is 2.59. The molecule has 1 heterocycles. The monoisotopic (exact) mass is 414 g/mol. The Morgan fingerprint density at radius 1 is 1.28 bits per heavy atom. The molecule has 1 aromatic rings. The molecule has 0 aromatic heterocycles. The number of nitro groups is 1. The number of rotatable bonds is 4. The highest BCUT2D eigenvalue weighted by molar-refractivity contribution is 9.10. The Morgan fingerprint density at radius 2 is 1.92 bits per heavy atom. The van der Waals surface area contributed by atoms with Crippen LogP contribution in [0.25, 0.3) is 0 Å². The third-order valence-corrected chi connectivity index (χ3v) is 4.30. The van der Waals surface area contributed by atoms with E-state index >= 15 is 0 Å². The van der Waals surface area contributed by atoms with Gasteiger partial charge >= 0.3 is 11.9 Å². The van der Waals surface area contributed by atoms with Gasteiger partial charge in [-0.1, -0.05) is 0 Å². The van der Waals surface area contributed by atoms with Crippen LogP contribution in [0.15, 0.2) is 27.9 Å². The quantitative estimate of drug-likeness (QED) is 0.418. The number of halogens is 1. The molecule has 25 heavy (non-hydrogen) atoms. The minimum Gasteiger partial charge on any atom is -0.466 e. The smallest absolute Gasteiger partial charge is 0.355 e. The number of methoxy groups -OCH3 is 2. The maximum absolute atomic E-state index is 12.3. The van der Waals surface area contributed by atoms with Crippen LogP contribution >= 0.6 is 15.9 Å². The van der Waals surface area contributed by atoms with Crippen molar-refractivity contribution in [2.24, 2.45) is 0 Å². The highest BCUT2D eigenvalue weighted by Crippen LogP contribution is 2.37. The molecular formula is C15H15BrN2O7. The van der Waals surface area contributed by atoms with Gasteiger partial charge in [0.1, 0.15) is 12.4 Å². The second-order valence-corrected chi connectivity index (χ2v) is 5.87. The van der Waals surface area contributed by atoms with Crippen molar-refractivity contribution in [3.8, 4) is 0 Å². The molecule has 1 aliphatic heterocycles. The highest BCUT2D eigenvalue weighted by Gasteiger charge is 2.34. The summed E-state index contributed by atoms with van der Waals surface area (Å²) in [5, 5.41) is 11.3. The number of benzene rings is 1. The molecule has 0 bridgehead atoms. The SMILES string of the molecule is COC(=O)C1=C(C(=O)OC)N(c2ccc(Br)c([N+](=O)[O-])c2C)COC1. The van der Waals surface area contributed by atoms with Gasteiger partial charge in [-0.25, -0.2) is 9.59 Å². The molecule has 0 fully saturated rings. The molecule has 0 amide bonds. The van der Waals surface area contributed by atoms with E-state index in [-0.39, 0.29) is 30.3 Å². The van der Waals surface area contributed by atoms with Crippen LogP contribution in [-0.2, 0) is 23.8 Å². The van der Waals surface area contributed by atoms with Crippen LogP contribution in [0.4, 0.5) is 11.4 Å². The molecule has 0 radical (unpaired) electrons. The molecule has 1 aromatic carbocycles. The first-order chi connectivity index (χ1) is 11.8. The lowest BCUT2D eigenvalue weighted by molar-refractivity contribution is -0.386. The number of anilines is 1. The normalized spacial score (nSPS) is 14.3. The molecule has 0 saturated carbocycles. The Labute approximate surface area is 151 Å². The van der Waals surface area contributed by atoms with E-state index in [2.05, 4.69) is 20.7 Å². The maximum atomic E-state index is 12.3. The molecule has 2 rings (SSSR count). The summed E-state index contributed by atoms with van der Waals surface area (Å²) in [5.41, 5.74) is 0.407. The van der Waals surface area contributed by atoms with Crippen LogP contribution in [0.3, 0.4) is 0 Å². The molecule has 10 heteroatoms. The second kappa shape index (κ2) is 7.62.